The minimum Gasteiger partial charge on any atom is -0.389 e. The molecule has 0 aromatic carbocycles. The van der Waals surface area contributed by atoms with E-state index in [9.17, 15) is 14.7 Å². The van der Waals surface area contributed by atoms with Gasteiger partial charge in [0.1, 0.15) is 6.61 Å². The smallest absolute Gasteiger partial charge is 0.162 e. The predicted octanol–water partition coefficient (Wildman–Crippen LogP) is 4.17. The van der Waals surface area contributed by atoms with Crippen molar-refractivity contribution in [1.82, 2.24) is 0 Å². The summed E-state index contributed by atoms with van der Waals surface area (Å²) in [5.41, 5.74) is 0. The summed E-state index contributed by atoms with van der Waals surface area (Å²) in [7, 11) is 0. The summed E-state index contributed by atoms with van der Waals surface area (Å²) in [6.07, 6.45) is 19.6. The molecule has 0 saturated heterocycles. The number of hydrogen-bond donors (Lipinski definition) is 2. The van der Waals surface area contributed by atoms with Gasteiger partial charge in [-0.3, -0.25) is 9.59 Å². The molecule has 0 aromatic rings. The van der Waals surface area contributed by atoms with Crippen LogP contribution in [0.15, 0.2) is 36.5 Å². The largest absolute Gasteiger partial charge is 0.389 e. The van der Waals surface area contributed by atoms with E-state index in [0.717, 1.165) is 38.0 Å². The lowest BCUT2D eigenvalue weighted by molar-refractivity contribution is -0.121. The molecule has 0 amide bonds. The molecule has 1 fully saturated rings. The molecule has 0 radical (unpaired) electrons. The Labute approximate surface area is 169 Å². The average molecular weight is 389 g/mol. The first-order valence-electron chi connectivity index (χ1n) is 10.9. The van der Waals surface area contributed by atoms with E-state index in [4.69, 9.17) is 5.11 Å². The van der Waals surface area contributed by atoms with Gasteiger partial charge >= 0.3 is 0 Å². The van der Waals surface area contributed by atoms with Crippen LogP contribution < -0.4 is 0 Å². The number of Topliss-reactive ketones (excluding diaryl/α,β-unsaturated/α-hetero) is 1. The first-order valence-corrected chi connectivity index (χ1v) is 10.9. The van der Waals surface area contributed by atoms with Gasteiger partial charge in [0.05, 0.1) is 6.10 Å². The standard InChI is InChI=1S/C24H36O4/c1-2-7-18-10-11-20(16-18)23(27)15-13-22-19(12-14-24(22)28)8-5-3-4-6-9-21(26)17-25/h3,5,12-15,18-20,22-23,25,27H,2,4,6-11,16-17H2,1H3/b5-3-,15-13+/t18?,19-,20?,22+,23+/m0/s1. The zero-order valence-electron chi connectivity index (χ0n) is 17.1. The summed E-state index contributed by atoms with van der Waals surface area (Å²) in [6.45, 7) is 1.84. The van der Waals surface area contributed by atoms with Crippen molar-refractivity contribution >= 4 is 11.6 Å². The molecule has 2 unspecified atom stereocenters. The van der Waals surface area contributed by atoms with E-state index in [1.807, 2.05) is 24.3 Å². The van der Waals surface area contributed by atoms with Crippen LogP contribution in [0, 0.1) is 23.7 Å². The highest BCUT2D eigenvalue weighted by Crippen LogP contribution is 2.36. The van der Waals surface area contributed by atoms with E-state index in [0.29, 0.717) is 12.3 Å². The number of unbranched alkanes of at least 4 members (excludes halogenated alkanes) is 1. The Morgan fingerprint density at radius 2 is 2.14 bits per heavy atom. The molecule has 2 aliphatic carbocycles. The van der Waals surface area contributed by atoms with Crippen molar-refractivity contribution in [2.24, 2.45) is 23.7 Å². The van der Waals surface area contributed by atoms with Gasteiger partial charge in [0, 0.05) is 12.3 Å². The third kappa shape index (κ3) is 7.14. The highest BCUT2D eigenvalue weighted by Gasteiger charge is 2.30. The van der Waals surface area contributed by atoms with Crippen LogP contribution in [-0.2, 0) is 9.59 Å². The summed E-state index contributed by atoms with van der Waals surface area (Å²) < 4.78 is 0. The second-order valence-electron chi connectivity index (χ2n) is 8.35. The molecule has 2 aliphatic rings. The minimum absolute atomic E-state index is 0.116. The van der Waals surface area contributed by atoms with Crippen molar-refractivity contribution in [2.75, 3.05) is 6.61 Å². The molecule has 2 rings (SSSR count). The van der Waals surface area contributed by atoms with E-state index < -0.39 is 6.10 Å². The number of aliphatic hydroxyl groups is 2. The zero-order chi connectivity index (χ0) is 20.4. The van der Waals surface area contributed by atoms with Crippen molar-refractivity contribution < 1.29 is 19.8 Å². The topological polar surface area (TPSA) is 74.6 Å². The third-order valence-corrected chi connectivity index (χ3v) is 6.15. The van der Waals surface area contributed by atoms with Gasteiger partial charge in [-0.2, -0.15) is 0 Å². The fraction of sp³-hybridized carbons (Fsp3) is 0.667. The zero-order valence-corrected chi connectivity index (χ0v) is 17.1. The number of carbonyl (C=O) groups is 2. The maximum absolute atomic E-state index is 12.2. The fourth-order valence-electron chi connectivity index (χ4n) is 4.48. The summed E-state index contributed by atoms with van der Waals surface area (Å²) >= 11 is 0. The van der Waals surface area contributed by atoms with Gasteiger partial charge in [-0.1, -0.05) is 56.6 Å². The minimum atomic E-state index is -0.449. The number of carbonyl (C=O) groups excluding carboxylic acids is 2. The maximum atomic E-state index is 12.2. The van der Waals surface area contributed by atoms with Crippen molar-refractivity contribution in [3.05, 3.63) is 36.5 Å². The molecule has 4 heteroatoms. The molecule has 156 valence electrons. The van der Waals surface area contributed by atoms with E-state index in [-0.39, 0.29) is 30.0 Å². The summed E-state index contributed by atoms with van der Waals surface area (Å²) in [5.74, 6) is 1.04. The maximum Gasteiger partial charge on any atom is 0.162 e. The van der Waals surface area contributed by atoms with E-state index in [2.05, 4.69) is 13.0 Å². The monoisotopic (exact) mass is 388 g/mol. The Bertz CT molecular complexity index is 589. The molecular formula is C24H36O4. The number of allylic oxidation sites excluding steroid dienone is 5. The molecule has 0 aromatic heterocycles. The normalized spacial score (nSPS) is 28.8. The van der Waals surface area contributed by atoms with Crippen molar-refractivity contribution in [3.63, 3.8) is 0 Å². The molecule has 0 aliphatic heterocycles. The van der Waals surface area contributed by atoms with Gasteiger partial charge in [-0.05, 0) is 55.9 Å². The lowest BCUT2D eigenvalue weighted by Gasteiger charge is -2.17. The number of ketones is 2. The van der Waals surface area contributed by atoms with Crippen molar-refractivity contribution in [3.8, 4) is 0 Å². The van der Waals surface area contributed by atoms with E-state index >= 15 is 0 Å². The SMILES string of the molecule is CCCC1CCC([C@H](O)/C=C/[C@H]2C(=O)C=C[C@@H]2C/C=C\CCCC(=O)CO)C1. The fourth-order valence-corrected chi connectivity index (χ4v) is 4.48. The van der Waals surface area contributed by atoms with Gasteiger partial charge in [0.2, 0.25) is 0 Å². The van der Waals surface area contributed by atoms with E-state index in [1.54, 1.807) is 6.08 Å². The molecule has 0 heterocycles. The first kappa shape index (κ1) is 22.8. The summed E-state index contributed by atoms with van der Waals surface area (Å²) in [6, 6.07) is 0. The molecule has 0 spiro atoms. The Morgan fingerprint density at radius 1 is 1.32 bits per heavy atom. The lowest BCUT2D eigenvalue weighted by atomic mass is 9.89. The van der Waals surface area contributed by atoms with Gasteiger partial charge in [0.25, 0.3) is 0 Å². The van der Waals surface area contributed by atoms with Gasteiger partial charge in [0.15, 0.2) is 11.6 Å². The average Bonchev–Trinajstić information content (AvgIpc) is 3.29. The second-order valence-corrected chi connectivity index (χ2v) is 8.35. The van der Waals surface area contributed by atoms with Crippen LogP contribution in [0.2, 0.25) is 0 Å². The van der Waals surface area contributed by atoms with Crippen LogP contribution in [0.4, 0.5) is 0 Å². The number of aliphatic hydroxyl groups excluding tert-OH is 2. The van der Waals surface area contributed by atoms with Crippen LogP contribution in [-0.4, -0.2) is 34.5 Å². The Morgan fingerprint density at radius 3 is 2.89 bits per heavy atom. The van der Waals surface area contributed by atoms with Crippen LogP contribution in [0.1, 0.15) is 64.7 Å². The first-order chi connectivity index (χ1) is 13.5. The van der Waals surface area contributed by atoms with Crippen molar-refractivity contribution in [1.29, 1.82) is 0 Å². The molecule has 2 N–H and O–H groups in total. The van der Waals surface area contributed by atoms with Gasteiger partial charge < -0.3 is 10.2 Å². The molecule has 1 saturated carbocycles. The second kappa shape index (κ2) is 12.1. The predicted molar refractivity (Wildman–Crippen MR) is 112 cm³/mol. The molecule has 28 heavy (non-hydrogen) atoms. The van der Waals surface area contributed by atoms with E-state index in [1.165, 1.54) is 19.3 Å². The number of hydrogen-bond acceptors (Lipinski definition) is 4. The molecule has 4 nitrogen and oxygen atoms in total. The summed E-state index contributed by atoms with van der Waals surface area (Å²) in [4.78, 5) is 23.3. The highest BCUT2D eigenvalue weighted by atomic mass is 16.3. The number of rotatable bonds is 12. The molecule has 0 bridgehead atoms. The van der Waals surface area contributed by atoms with Crippen LogP contribution in [0.25, 0.3) is 0 Å². The van der Waals surface area contributed by atoms with Crippen LogP contribution in [0.3, 0.4) is 0 Å². The lowest BCUT2D eigenvalue weighted by Crippen LogP contribution is -2.18. The van der Waals surface area contributed by atoms with Gasteiger partial charge in [-0.15, -0.1) is 0 Å². The Balaban J connectivity index is 1.77. The molecular weight excluding hydrogens is 352 g/mol. The van der Waals surface area contributed by atoms with Crippen molar-refractivity contribution in [2.45, 2.75) is 70.8 Å². The molecule has 5 atom stereocenters. The summed E-state index contributed by atoms with van der Waals surface area (Å²) in [5, 5.41) is 19.2. The highest BCUT2D eigenvalue weighted by molar-refractivity contribution is 5.95. The quantitative estimate of drug-likeness (QED) is 0.389. The van der Waals surface area contributed by atoms with Gasteiger partial charge in [-0.25, -0.2) is 0 Å². The Kier molecular flexibility index (Phi) is 9.86. The van der Waals surface area contributed by atoms with Crippen LogP contribution >= 0.6 is 0 Å². The van der Waals surface area contributed by atoms with Crippen LogP contribution in [0.5, 0.6) is 0 Å². The Hall–Kier alpha value is -1.52. The third-order valence-electron chi connectivity index (χ3n) is 6.15.